The van der Waals surface area contributed by atoms with Gasteiger partial charge < -0.3 is 15.0 Å². The SMILES string of the molecule is CCNC(=NCCCOC1CCN(Cc2ccccc2)CC1)N1CCC2(CCC2)C1.I. The van der Waals surface area contributed by atoms with Crippen molar-refractivity contribution in [3.05, 3.63) is 35.9 Å². The van der Waals surface area contributed by atoms with E-state index < -0.39 is 0 Å². The average molecular weight is 541 g/mol. The number of ether oxygens (including phenoxy) is 1. The van der Waals surface area contributed by atoms with Crippen molar-refractivity contribution >= 4 is 29.9 Å². The quantitative estimate of drug-likeness (QED) is 0.228. The molecule has 2 heterocycles. The summed E-state index contributed by atoms with van der Waals surface area (Å²) in [5, 5.41) is 3.51. The Hall–Kier alpha value is -0.860. The fraction of sp³-hybridized carbons (Fsp3) is 0.720. The third-order valence-electron chi connectivity index (χ3n) is 7.19. The zero-order chi connectivity index (χ0) is 20.7. The molecular formula is C25H41IN4O. The highest BCUT2D eigenvalue weighted by Crippen LogP contribution is 2.47. The van der Waals surface area contributed by atoms with Crippen molar-refractivity contribution in [3.63, 3.8) is 0 Å². The molecule has 6 heteroatoms. The van der Waals surface area contributed by atoms with Gasteiger partial charge in [-0.15, -0.1) is 24.0 Å². The van der Waals surface area contributed by atoms with Crippen molar-refractivity contribution in [2.45, 2.75) is 64.5 Å². The average Bonchev–Trinajstić information content (AvgIpc) is 3.21. The lowest BCUT2D eigenvalue weighted by atomic mass is 9.68. The van der Waals surface area contributed by atoms with E-state index in [0.717, 1.165) is 64.6 Å². The van der Waals surface area contributed by atoms with Gasteiger partial charge in [-0.1, -0.05) is 36.8 Å². The van der Waals surface area contributed by atoms with Crippen LogP contribution in [-0.4, -0.2) is 67.7 Å². The van der Waals surface area contributed by atoms with E-state index in [-0.39, 0.29) is 24.0 Å². The number of guanidine groups is 1. The van der Waals surface area contributed by atoms with Crippen LogP contribution in [0.1, 0.15) is 57.4 Å². The Kier molecular flexibility index (Phi) is 9.91. The fourth-order valence-corrected chi connectivity index (χ4v) is 5.20. The van der Waals surface area contributed by atoms with Crippen molar-refractivity contribution < 1.29 is 4.74 Å². The Labute approximate surface area is 206 Å². The molecule has 1 saturated carbocycles. The minimum atomic E-state index is 0. The molecule has 31 heavy (non-hydrogen) atoms. The molecule has 0 atom stereocenters. The predicted molar refractivity (Wildman–Crippen MR) is 139 cm³/mol. The second kappa shape index (κ2) is 12.4. The molecule has 3 fully saturated rings. The van der Waals surface area contributed by atoms with Crippen molar-refractivity contribution in [3.8, 4) is 0 Å². The summed E-state index contributed by atoms with van der Waals surface area (Å²) in [6, 6.07) is 10.8. The van der Waals surface area contributed by atoms with E-state index in [1.165, 1.54) is 44.3 Å². The van der Waals surface area contributed by atoms with Crippen molar-refractivity contribution in [2.75, 3.05) is 45.9 Å². The molecule has 1 aliphatic carbocycles. The molecule has 2 saturated heterocycles. The molecular weight excluding hydrogens is 499 g/mol. The van der Waals surface area contributed by atoms with Crippen molar-refractivity contribution in [1.29, 1.82) is 0 Å². The molecule has 0 bridgehead atoms. The second-order valence-electron chi connectivity index (χ2n) is 9.45. The van der Waals surface area contributed by atoms with Crippen LogP contribution in [0.5, 0.6) is 0 Å². The summed E-state index contributed by atoms with van der Waals surface area (Å²) in [6.45, 7) is 10.5. The molecule has 0 radical (unpaired) electrons. The Bertz CT molecular complexity index is 671. The molecule has 1 aromatic carbocycles. The molecule has 174 valence electrons. The highest BCUT2D eigenvalue weighted by Gasteiger charge is 2.43. The first kappa shape index (κ1) is 24.8. The molecule has 0 amide bonds. The highest BCUT2D eigenvalue weighted by molar-refractivity contribution is 14.0. The molecule has 3 aliphatic rings. The van der Waals surface area contributed by atoms with Gasteiger partial charge in [0.15, 0.2) is 5.96 Å². The van der Waals surface area contributed by atoms with Crippen LogP contribution in [-0.2, 0) is 11.3 Å². The Morgan fingerprint density at radius 1 is 1.13 bits per heavy atom. The summed E-state index contributed by atoms with van der Waals surface area (Å²) in [5.41, 5.74) is 2.03. The van der Waals surface area contributed by atoms with Crippen LogP contribution in [0.15, 0.2) is 35.3 Å². The first-order valence-electron chi connectivity index (χ1n) is 12.2. The van der Waals surface area contributed by atoms with E-state index >= 15 is 0 Å². The number of halogens is 1. The van der Waals surface area contributed by atoms with Crippen LogP contribution in [0.2, 0.25) is 0 Å². The number of rotatable bonds is 8. The van der Waals surface area contributed by atoms with Gasteiger partial charge in [-0.25, -0.2) is 0 Å². The molecule has 1 spiro atoms. The maximum atomic E-state index is 6.18. The van der Waals surface area contributed by atoms with E-state index in [1.807, 2.05) is 0 Å². The molecule has 4 rings (SSSR count). The minimum Gasteiger partial charge on any atom is -0.378 e. The number of aliphatic imine (C=N–C) groups is 1. The fourth-order valence-electron chi connectivity index (χ4n) is 5.20. The van der Waals surface area contributed by atoms with Gasteiger partial charge in [-0.05, 0) is 56.4 Å². The standard InChI is InChI=1S/C25H40N4O.HI/c1-2-26-24(29-18-14-25(21-29)12-6-13-25)27-15-7-19-30-23-10-16-28(17-11-23)20-22-8-4-3-5-9-22;/h3-5,8-9,23H,2,6-7,10-21H2,1H3,(H,26,27);1H. The van der Waals surface area contributed by atoms with Gasteiger partial charge >= 0.3 is 0 Å². The molecule has 2 aliphatic heterocycles. The van der Waals surface area contributed by atoms with Crippen LogP contribution in [0.3, 0.4) is 0 Å². The normalized spacial score (nSPS) is 21.7. The third-order valence-corrected chi connectivity index (χ3v) is 7.19. The Morgan fingerprint density at radius 3 is 2.55 bits per heavy atom. The van der Waals surface area contributed by atoms with Gasteiger partial charge in [0.2, 0.25) is 0 Å². The number of piperidine rings is 1. The van der Waals surface area contributed by atoms with E-state index in [9.17, 15) is 0 Å². The van der Waals surface area contributed by atoms with Crippen LogP contribution < -0.4 is 5.32 Å². The van der Waals surface area contributed by atoms with Crippen molar-refractivity contribution in [1.82, 2.24) is 15.1 Å². The molecule has 1 aromatic rings. The molecule has 0 aromatic heterocycles. The number of nitrogens with zero attached hydrogens (tertiary/aromatic N) is 3. The van der Waals surface area contributed by atoms with Crippen LogP contribution in [0.4, 0.5) is 0 Å². The number of hydrogen-bond acceptors (Lipinski definition) is 3. The summed E-state index contributed by atoms with van der Waals surface area (Å²) in [6.07, 6.45) is 9.34. The lowest BCUT2D eigenvalue weighted by Gasteiger charge is -2.38. The van der Waals surface area contributed by atoms with Gasteiger partial charge in [0, 0.05) is 52.4 Å². The second-order valence-corrected chi connectivity index (χ2v) is 9.45. The molecule has 0 unspecified atom stereocenters. The highest BCUT2D eigenvalue weighted by atomic mass is 127. The van der Waals surface area contributed by atoms with Gasteiger partial charge in [-0.3, -0.25) is 9.89 Å². The maximum Gasteiger partial charge on any atom is 0.193 e. The number of benzene rings is 1. The van der Waals surface area contributed by atoms with Crippen LogP contribution in [0.25, 0.3) is 0 Å². The van der Waals surface area contributed by atoms with Crippen molar-refractivity contribution in [2.24, 2.45) is 10.4 Å². The number of nitrogens with one attached hydrogen (secondary N) is 1. The zero-order valence-corrected chi connectivity index (χ0v) is 21.6. The maximum absolute atomic E-state index is 6.18. The minimum absolute atomic E-state index is 0. The largest absolute Gasteiger partial charge is 0.378 e. The zero-order valence-electron chi connectivity index (χ0n) is 19.2. The van der Waals surface area contributed by atoms with E-state index in [0.29, 0.717) is 11.5 Å². The first-order chi connectivity index (χ1) is 14.8. The molecule has 1 N–H and O–H groups in total. The smallest absolute Gasteiger partial charge is 0.193 e. The van der Waals surface area contributed by atoms with Gasteiger partial charge in [0.25, 0.3) is 0 Å². The van der Waals surface area contributed by atoms with E-state index in [2.05, 4.69) is 52.4 Å². The summed E-state index contributed by atoms with van der Waals surface area (Å²) in [4.78, 5) is 9.94. The summed E-state index contributed by atoms with van der Waals surface area (Å²) in [7, 11) is 0. The van der Waals surface area contributed by atoms with Crippen LogP contribution >= 0.6 is 24.0 Å². The van der Waals surface area contributed by atoms with Gasteiger partial charge in [0.05, 0.1) is 6.10 Å². The van der Waals surface area contributed by atoms with E-state index in [4.69, 9.17) is 9.73 Å². The van der Waals surface area contributed by atoms with Gasteiger partial charge in [0.1, 0.15) is 0 Å². The number of hydrogen-bond donors (Lipinski definition) is 1. The predicted octanol–water partition coefficient (Wildman–Crippen LogP) is 4.52. The first-order valence-corrected chi connectivity index (χ1v) is 12.2. The lowest BCUT2D eigenvalue weighted by molar-refractivity contribution is 0.00564. The summed E-state index contributed by atoms with van der Waals surface area (Å²) in [5.74, 6) is 1.12. The number of likely N-dealkylation sites (tertiary alicyclic amines) is 2. The Morgan fingerprint density at radius 2 is 1.90 bits per heavy atom. The monoisotopic (exact) mass is 540 g/mol. The van der Waals surface area contributed by atoms with Crippen LogP contribution in [0, 0.1) is 5.41 Å². The third kappa shape index (κ3) is 7.06. The summed E-state index contributed by atoms with van der Waals surface area (Å²) >= 11 is 0. The Balaban J connectivity index is 0.00000272. The molecule has 5 nitrogen and oxygen atoms in total. The lowest BCUT2D eigenvalue weighted by Crippen LogP contribution is -2.42. The van der Waals surface area contributed by atoms with E-state index in [1.54, 1.807) is 0 Å². The summed E-state index contributed by atoms with van der Waals surface area (Å²) < 4.78 is 6.18. The topological polar surface area (TPSA) is 40.1 Å². The van der Waals surface area contributed by atoms with Gasteiger partial charge in [-0.2, -0.15) is 0 Å².